The van der Waals surface area contributed by atoms with Crippen molar-refractivity contribution in [3.8, 4) is 5.75 Å². The van der Waals surface area contributed by atoms with Gasteiger partial charge in [-0.25, -0.2) is 0 Å². The number of carbonyl (C=O) groups is 1. The lowest BCUT2D eigenvalue weighted by molar-refractivity contribution is -0.686. The van der Waals surface area contributed by atoms with Gasteiger partial charge in [-0.15, -0.1) is 0 Å². The molecular formula is C19H24ClN2O2+. The molecule has 1 amide bonds. The van der Waals surface area contributed by atoms with E-state index in [0.717, 1.165) is 12.1 Å². The summed E-state index contributed by atoms with van der Waals surface area (Å²) in [6.45, 7) is 5.15. The van der Waals surface area contributed by atoms with Gasteiger partial charge >= 0.3 is 0 Å². The topological polar surface area (TPSA) is 54.9 Å². The summed E-state index contributed by atoms with van der Waals surface area (Å²) < 4.78 is 5.14. The van der Waals surface area contributed by atoms with Crippen LogP contribution in [-0.2, 0) is 4.79 Å². The van der Waals surface area contributed by atoms with E-state index in [0.29, 0.717) is 22.4 Å². The lowest BCUT2D eigenvalue weighted by Gasteiger charge is -2.17. The van der Waals surface area contributed by atoms with Gasteiger partial charge in [0.25, 0.3) is 5.91 Å². The van der Waals surface area contributed by atoms with Crippen LogP contribution in [0.5, 0.6) is 5.75 Å². The second-order valence-corrected chi connectivity index (χ2v) is 6.50. The summed E-state index contributed by atoms with van der Waals surface area (Å²) in [5, 5.41) is 5.49. The number of amides is 1. The molecule has 0 aliphatic heterocycles. The number of quaternary nitrogens is 1. The van der Waals surface area contributed by atoms with Crippen LogP contribution >= 0.6 is 11.6 Å². The zero-order valence-corrected chi connectivity index (χ0v) is 15.0. The fourth-order valence-electron chi connectivity index (χ4n) is 2.43. The van der Waals surface area contributed by atoms with Gasteiger partial charge in [0.15, 0.2) is 6.04 Å². The number of benzene rings is 2. The van der Waals surface area contributed by atoms with E-state index in [2.05, 4.69) is 24.5 Å². The molecule has 2 aromatic carbocycles. The second kappa shape index (κ2) is 8.71. The predicted octanol–water partition coefficient (Wildman–Crippen LogP) is 3.25. The average molecular weight is 348 g/mol. The normalized spacial score (nSPS) is 12.0. The van der Waals surface area contributed by atoms with Gasteiger partial charge in [-0.2, -0.15) is 0 Å². The highest BCUT2D eigenvalue weighted by atomic mass is 35.5. The van der Waals surface area contributed by atoms with Gasteiger partial charge in [0.2, 0.25) is 0 Å². The highest BCUT2D eigenvalue weighted by Crippen LogP contribution is 2.27. The molecule has 0 fully saturated rings. The number of hydrogen-bond donors (Lipinski definition) is 2. The van der Waals surface area contributed by atoms with Crippen LogP contribution < -0.4 is 15.4 Å². The van der Waals surface area contributed by atoms with E-state index >= 15 is 0 Å². The van der Waals surface area contributed by atoms with E-state index in [1.54, 1.807) is 25.3 Å². The van der Waals surface area contributed by atoms with E-state index < -0.39 is 0 Å². The van der Waals surface area contributed by atoms with Crippen LogP contribution in [0, 0.1) is 5.92 Å². The first-order valence-electron chi connectivity index (χ1n) is 8.04. The van der Waals surface area contributed by atoms with Gasteiger partial charge in [-0.05, 0) is 18.2 Å². The molecule has 0 bridgehead atoms. The maximum atomic E-state index is 12.8. The first-order chi connectivity index (χ1) is 11.5. The number of carbonyl (C=O) groups excluding carboxylic acids is 1. The van der Waals surface area contributed by atoms with E-state index in [9.17, 15) is 4.79 Å². The van der Waals surface area contributed by atoms with Crippen LogP contribution in [0.1, 0.15) is 25.5 Å². The highest BCUT2D eigenvalue weighted by molar-refractivity contribution is 6.32. The Balaban J connectivity index is 2.16. The average Bonchev–Trinajstić information content (AvgIpc) is 2.56. The number of anilines is 1. The monoisotopic (exact) mass is 347 g/mol. The van der Waals surface area contributed by atoms with Crippen molar-refractivity contribution in [2.24, 2.45) is 5.92 Å². The van der Waals surface area contributed by atoms with E-state index in [1.165, 1.54) is 0 Å². The lowest BCUT2D eigenvalue weighted by atomic mass is 10.0. The number of rotatable bonds is 7. The van der Waals surface area contributed by atoms with Crippen LogP contribution in [0.3, 0.4) is 0 Å². The molecule has 0 aromatic heterocycles. The Morgan fingerprint density at radius 1 is 1.21 bits per heavy atom. The number of nitrogens with one attached hydrogen (secondary N) is 1. The Labute approximate surface area is 148 Å². The third kappa shape index (κ3) is 4.98. The standard InChI is InChI=1S/C19H23ClN2O2/c1-13(2)12-21-18(14-7-5-4-6-8-14)19(23)22-15-9-10-17(24-3)16(20)11-15/h4-11,13,18,21H,12H2,1-3H3,(H,22,23)/p+1/t18-/m1/s1. The highest BCUT2D eigenvalue weighted by Gasteiger charge is 2.24. The number of halogens is 1. The molecule has 4 nitrogen and oxygen atoms in total. The molecule has 0 aliphatic carbocycles. The van der Waals surface area contributed by atoms with Crippen molar-refractivity contribution in [1.29, 1.82) is 0 Å². The van der Waals surface area contributed by atoms with Gasteiger partial charge in [0.1, 0.15) is 5.75 Å². The summed E-state index contributed by atoms with van der Waals surface area (Å²) in [6, 6.07) is 14.7. The molecule has 3 N–H and O–H groups in total. The van der Waals surface area contributed by atoms with Crippen molar-refractivity contribution in [3.63, 3.8) is 0 Å². The van der Waals surface area contributed by atoms with Gasteiger partial charge in [-0.3, -0.25) is 4.79 Å². The minimum atomic E-state index is -0.297. The molecule has 5 heteroatoms. The Morgan fingerprint density at radius 3 is 2.50 bits per heavy atom. The van der Waals surface area contributed by atoms with Crippen LogP contribution in [0.4, 0.5) is 5.69 Å². The molecule has 0 saturated heterocycles. The van der Waals surface area contributed by atoms with Gasteiger partial charge in [-0.1, -0.05) is 55.8 Å². The summed E-state index contributed by atoms with van der Waals surface area (Å²) in [5.74, 6) is 1.02. The van der Waals surface area contributed by atoms with E-state index in [4.69, 9.17) is 16.3 Å². The molecule has 0 heterocycles. The van der Waals surface area contributed by atoms with Gasteiger partial charge in [0.05, 0.1) is 18.7 Å². The van der Waals surface area contributed by atoms with Crippen LogP contribution in [0.2, 0.25) is 5.02 Å². The predicted molar refractivity (Wildman–Crippen MR) is 97.4 cm³/mol. The Kier molecular flexibility index (Phi) is 6.64. The smallest absolute Gasteiger partial charge is 0.287 e. The first kappa shape index (κ1) is 18.3. The van der Waals surface area contributed by atoms with Crippen molar-refractivity contribution in [2.75, 3.05) is 19.0 Å². The van der Waals surface area contributed by atoms with E-state index in [1.807, 2.05) is 30.3 Å². The quantitative estimate of drug-likeness (QED) is 0.807. The van der Waals surface area contributed by atoms with E-state index in [-0.39, 0.29) is 11.9 Å². The molecule has 2 rings (SSSR count). The number of nitrogens with two attached hydrogens (primary N) is 1. The third-order valence-corrected chi connectivity index (χ3v) is 4.00. The van der Waals surface area contributed by atoms with Crippen molar-refractivity contribution < 1.29 is 14.8 Å². The van der Waals surface area contributed by atoms with Crippen molar-refractivity contribution in [3.05, 3.63) is 59.1 Å². The number of hydrogen-bond acceptors (Lipinski definition) is 2. The lowest BCUT2D eigenvalue weighted by Crippen LogP contribution is -2.88. The number of ether oxygens (including phenoxy) is 1. The Bertz CT molecular complexity index is 674. The van der Waals surface area contributed by atoms with Crippen LogP contribution in [0.25, 0.3) is 0 Å². The molecule has 128 valence electrons. The van der Waals surface area contributed by atoms with Gasteiger partial charge < -0.3 is 15.4 Å². The maximum Gasteiger partial charge on any atom is 0.287 e. The zero-order valence-electron chi connectivity index (χ0n) is 14.3. The fourth-order valence-corrected chi connectivity index (χ4v) is 2.68. The van der Waals surface area contributed by atoms with Crippen LogP contribution in [0.15, 0.2) is 48.5 Å². The molecule has 0 radical (unpaired) electrons. The molecule has 0 saturated carbocycles. The molecule has 1 atom stereocenters. The fraction of sp³-hybridized carbons (Fsp3) is 0.316. The Hall–Kier alpha value is -2.04. The number of methoxy groups -OCH3 is 1. The molecule has 0 unspecified atom stereocenters. The zero-order chi connectivity index (χ0) is 17.5. The van der Waals surface area contributed by atoms with Crippen molar-refractivity contribution in [1.82, 2.24) is 0 Å². The largest absolute Gasteiger partial charge is 0.495 e. The summed E-state index contributed by atoms with van der Waals surface area (Å²) in [7, 11) is 1.56. The SMILES string of the molecule is COc1ccc(NC(=O)[C@H]([NH2+]CC(C)C)c2ccccc2)cc1Cl. The van der Waals surface area contributed by atoms with Gasteiger partial charge in [0, 0.05) is 17.2 Å². The molecule has 0 aliphatic rings. The Morgan fingerprint density at radius 2 is 1.92 bits per heavy atom. The third-order valence-electron chi connectivity index (χ3n) is 3.70. The minimum Gasteiger partial charge on any atom is -0.495 e. The molecule has 2 aromatic rings. The first-order valence-corrected chi connectivity index (χ1v) is 8.41. The maximum absolute atomic E-state index is 12.8. The summed E-state index contributed by atoms with van der Waals surface area (Å²) in [4.78, 5) is 12.8. The molecule has 24 heavy (non-hydrogen) atoms. The molecular weight excluding hydrogens is 324 g/mol. The summed E-state index contributed by atoms with van der Waals surface area (Å²) in [5.41, 5.74) is 1.64. The van der Waals surface area contributed by atoms with Crippen molar-refractivity contribution >= 4 is 23.2 Å². The summed E-state index contributed by atoms with van der Waals surface area (Å²) >= 11 is 6.13. The summed E-state index contributed by atoms with van der Waals surface area (Å²) in [6.07, 6.45) is 0. The van der Waals surface area contributed by atoms with Crippen molar-refractivity contribution in [2.45, 2.75) is 19.9 Å². The second-order valence-electron chi connectivity index (χ2n) is 6.09. The van der Waals surface area contributed by atoms with Crippen LogP contribution in [-0.4, -0.2) is 19.6 Å². The molecule has 0 spiro atoms. The minimum absolute atomic E-state index is 0.0666.